The second-order valence-electron chi connectivity index (χ2n) is 8.42. The highest BCUT2D eigenvalue weighted by Crippen LogP contribution is 2.45. The molecule has 4 rings (SSSR count). The van der Waals surface area contributed by atoms with Crippen molar-refractivity contribution in [3.63, 3.8) is 0 Å². The van der Waals surface area contributed by atoms with Gasteiger partial charge in [-0.15, -0.1) is 0 Å². The van der Waals surface area contributed by atoms with Crippen molar-refractivity contribution in [3.05, 3.63) is 23.2 Å². The minimum atomic E-state index is -0.963. The third-order valence-electron chi connectivity index (χ3n) is 6.39. The lowest BCUT2D eigenvalue weighted by Crippen LogP contribution is -2.45. The maximum atomic E-state index is 13.0. The highest BCUT2D eigenvalue weighted by atomic mass is 16.4. The van der Waals surface area contributed by atoms with Gasteiger partial charge in [-0.3, -0.25) is 9.59 Å². The van der Waals surface area contributed by atoms with Gasteiger partial charge in [0.1, 0.15) is 17.6 Å². The number of furan rings is 1. The number of amides is 2. The van der Waals surface area contributed by atoms with Crippen molar-refractivity contribution in [2.24, 2.45) is 11.3 Å². The molecule has 1 spiro atoms. The number of piperidine rings is 1. The molecule has 7 nitrogen and oxygen atoms in total. The van der Waals surface area contributed by atoms with Crippen LogP contribution in [0.4, 0.5) is 0 Å². The van der Waals surface area contributed by atoms with Crippen molar-refractivity contribution in [2.75, 3.05) is 19.6 Å². The quantitative estimate of drug-likeness (QED) is 0.876. The van der Waals surface area contributed by atoms with E-state index in [0.717, 1.165) is 25.7 Å². The van der Waals surface area contributed by atoms with Crippen LogP contribution in [0.25, 0.3) is 0 Å². The first-order valence-corrected chi connectivity index (χ1v) is 9.69. The molecule has 1 N–H and O–H groups in total. The molecule has 2 aliphatic heterocycles. The molecule has 2 amide bonds. The van der Waals surface area contributed by atoms with Crippen LogP contribution in [0.3, 0.4) is 0 Å². The van der Waals surface area contributed by atoms with Gasteiger partial charge in [-0.1, -0.05) is 0 Å². The second kappa shape index (κ2) is 6.39. The number of carboxylic acid groups (broad SMARTS) is 1. The Morgan fingerprint density at radius 2 is 1.85 bits per heavy atom. The molecule has 0 aromatic carbocycles. The van der Waals surface area contributed by atoms with Crippen molar-refractivity contribution in [1.82, 2.24) is 9.80 Å². The number of carboxylic acids is 1. The maximum absolute atomic E-state index is 13.0. The molecular formula is C20H26N2O5. The van der Waals surface area contributed by atoms with Crippen LogP contribution in [-0.2, 0) is 9.59 Å². The number of nitrogens with zero attached hydrogens (tertiary/aromatic N) is 2. The van der Waals surface area contributed by atoms with Crippen molar-refractivity contribution in [2.45, 2.75) is 52.0 Å². The largest absolute Gasteiger partial charge is 0.480 e. The van der Waals surface area contributed by atoms with E-state index in [1.54, 1.807) is 19.9 Å². The Morgan fingerprint density at radius 3 is 2.37 bits per heavy atom. The van der Waals surface area contributed by atoms with Crippen molar-refractivity contribution >= 4 is 17.8 Å². The molecule has 1 atom stereocenters. The van der Waals surface area contributed by atoms with Crippen molar-refractivity contribution in [1.29, 1.82) is 0 Å². The van der Waals surface area contributed by atoms with Gasteiger partial charge in [0.15, 0.2) is 0 Å². The summed E-state index contributed by atoms with van der Waals surface area (Å²) < 4.78 is 5.46. The average Bonchev–Trinajstić information content (AvgIpc) is 3.33. The van der Waals surface area contributed by atoms with Crippen LogP contribution in [0.5, 0.6) is 0 Å². The molecule has 1 saturated carbocycles. The molecule has 3 aliphatic rings. The summed E-state index contributed by atoms with van der Waals surface area (Å²) in [6, 6.07) is 0.858. The zero-order chi connectivity index (χ0) is 19.3. The number of carbonyl (C=O) groups excluding carboxylic acids is 2. The summed E-state index contributed by atoms with van der Waals surface area (Å²) in [6.07, 6.45) is 3.95. The van der Waals surface area contributed by atoms with Crippen molar-refractivity contribution in [3.8, 4) is 0 Å². The molecule has 0 radical (unpaired) electrons. The summed E-state index contributed by atoms with van der Waals surface area (Å²) in [5, 5.41) is 9.71. The van der Waals surface area contributed by atoms with Crippen LogP contribution >= 0.6 is 0 Å². The van der Waals surface area contributed by atoms with Gasteiger partial charge in [-0.2, -0.15) is 0 Å². The van der Waals surface area contributed by atoms with Gasteiger partial charge in [0.05, 0.1) is 5.56 Å². The summed E-state index contributed by atoms with van der Waals surface area (Å²) in [5.41, 5.74) is 0.225. The Bertz CT molecular complexity index is 786. The lowest BCUT2D eigenvalue weighted by atomic mass is 9.76. The standard InChI is InChI=1S/C20H26N2O5/c1-12-9-15(13(2)27-12)18(24)22-11-20(10-16(22)19(25)26)5-7-21(8-6-20)17(23)14-3-4-14/h9,14,16H,3-8,10-11H2,1-2H3,(H,25,26). The maximum Gasteiger partial charge on any atom is 0.326 e. The number of aliphatic carboxylic acids is 1. The number of carbonyl (C=O) groups is 3. The predicted octanol–water partition coefficient (Wildman–Crippen LogP) is 2.21. The van der Waals surface area contributed by atoms with Crippen LogP contribution in [-0.4, -0.2) is 58.4 Å². The summed E-state index contributed by atoms with van der Waals surface area (Å²) in [5.74, 6) is 0.380. The van der Waals surface area contributed by atoms with E-state index in [2.05, 4.69) is 0 Å². The van der Waals surface area contributed by atoms with E-state index >= 15 is 0 Å². The van der Waals surface area contributed by atoms with E-state index in [1.807, 2.05) is 4.90 Å². The molecule has 7 heteroatoms. The summed E-state index contributed by atoms with van der Waals surface area (Å²) >= 11 is 0. The molecule has 1 unspecified atom stereocenters. The topological polar surface area (TPSA) is 91.1 Å². The van der Waals surface area contributed by atoms with Crippen LogP contribution in [0.2, 0.25) is 0 Å². The van der Waals surface area contributed by atoms with E-state index in [0.29, 0.717) is 43.1 Å². The van der Waals surface area contributed by atoms with Crippen LogP contribution in [0, 0.1) is 25.2 Å². The smallest absolute Gasteiger partial charge is 0.326 e. The predicted molar refractivity (Wildman–Crippen MR) is 96.2 cm³/mol. The molecule has 3 heterocycles. The number of likely N-dealkylation sites (tertiary alicyclic amines) is 2. The number of hydrogen-bond acceptors (Lipinski definition) is 4. The Morgan fingerprint density at radius 1 is 1.19 bits per heavy atom. The lowest BCUT2D eigenvalue weighted by Gasteiger charge is -2.39. The Kier molecular flexibility index (Phi) is 4.28. The first-order chi connectivity index (χ1) is 12.8. The molecule has 2 saturated heterocycles. The highest BCUT2D eigenvalue weighted by molar-refractivity contribution is 5.98. The van der Waals surface area contributed by atoms with Crippen LogP contribution < -0.4 is 0 Å². The minimum Gasteiger partial charge on any atom is -0.480 e. The third kappa shape index (κ3) is 3.24. The van der Waals surface area contributed by atoms with Gasteiger partial charge in [0, 0.05) is 25.6 Å². The lowest BCUT2D eigenvalue weighted by molar-refractivity contribution is -0.141. The van der Waals surface area contributed by atoms with Crippen molar-refractivity contribution < 1.29 is 23.9 Å². The Hall–Kier alpha value is -2.31. The Balaban J connectivity index is 1.50. The number of rotatable bonds is 3. The molecule has 3 fully saturated rings. The van der Waals surface area contributed by atoms with Crippen LogP contribution in [0.15, 0.2) is 10.5 Å². The monoisotopic (exact) mass is 374 g/mol. The van der Waals surface area contributed by atoms with E-state index in [9.17, 15) is 19.5 Å². The number of hydrogen-bond donors (Lipinski definition) is 1. The fourth-order valence-corrected chi connectivity index (χ4v) is 4.64. The van der Waals surface area contributed by atoms with E-state index in [4.69, 9.17) is 4.42 Å². The van der Waals surface area contributed by atoms with E-state index in [1.165, 1.54) is 4.90 Å². The zero-order valence-electron chi connectivity index (χ0n) is 15.9. The van der Waals surface area contributed by atoms with E-state index < -0.39 is 12.0 Å². The summed E-state index contributed by atoms with van der Waals surface area (Å²) in [7, 11) is 0. The minimum absolute atomic E-state index is 0.208. The van der Waals surface area contributed by atoms with Gasteiger partial charge in [0.25, 0.3) is 5.91 Å². The fraction of sp³-hybridized carbons (Fsp3) is 0.650. The molecular weight excluding hydrogens is 348 g/mol. The van der Waals surface area contributed by atoms with Crippen LogP contribution in [0.1, 0.15) is 54.0 Å². The number of aryl methyl sites for hydroxylation is 2. The third-order valence-corrected chi connectivity index (χ3v) is 6.39. The first kappa shape index (κ1) is 18.1. The summed E-state index contributed by atoms with van der Waals surface area (Å²) in [6.45, 7) is 5.25. The summed E-state index contributed by atoms with van der Waals surface area (Å²) in [4.78, 5) is 40.6. The molecule has 0 bridgehead atoms. The zero-order valence-corrected chi connectivity index (χ0v) is 15.9. The second-order valence-corrected chi connectivity index (χ2v) is 8.42. The van der Waals surface area contributed by atoms with Gasteiger partial charge in [-0.05, 0) is 57.4 Å². The van der Waals surface area contributed by atoms with E-state index in [-0.39, 0.29) is 23.1 Å². The van der Waals surface area contributed by atoms with Gasteiger partial charge in [0.2, 0.25) is 5.91 Å². The van der Waals surface area contributed by atoms with Gasteiger partial charge < -0.3 is 19.3 Å². The Labute approximate surface area is 158 Å². The average molecular weight is 374 g/mol. The molecule has 1 aliphatic carbocycles. The molecule has 27 heavy (non-hydrogen) atoms. The molecule has 1 aromatic rings. The molecule has 146 valence electrons. The van der Waals surface area contributed by atoms with Gasteiger partial charge in [-0.25, -0.2) is 4.79 Å². The fourth-order valence-electron chi connectivity index (χ4n) is 4.64. The highest BCUT2D eigenvalue weighted by Gasteiger charge is 2.51. The van der Waals surface area contributed by atoms with Gasteiger partial charge >= 0.3 is 5.97 Å². The first-order valence-electron chi connectivity index (χ1n) is 9.69. The SMILES string of the molecule is Cc1cc(C(=O)N2CC3(CCN(C(=O)C4CC4)CC3)CC2C(=O)O)c(C)o1. The normalized spacial score (nSPS) is 24.4. The molecule has 1 aromatic heterocycles.